The fourth-order valence-corrected chi connectivity index (χ4v) is 0.261. The van der Waals surface area contributed by atoms with Crippen molar-refractivity contribution in [1.82, 2.24) is 0 Å². The summed E-state index contributed by atoms with van der Waals surface area (Å²) in [6.45, 7) is 1.55. The van der Waals surface area contributed by atoms with Crippen LogP contribution in [0.5, 0.6) is 0 Å². The van der Waals surface area contributed by atoms with Gasteiger partial charge in [0.2, 0.25) is 0 Å². The average molecular weight is 125 g/mol. The predicted molar refractivity (Wildman–Crippen MR) is 28.4 cm³/mol. The number of aliphatic hydroxyl groups excluding tert-OH is 1. The third kappa shape index (κ3) is 4.05. The highest BCUT2D eigenvalue weighted by Gasteiger charge is 1.94. The van der Waals surface area contributed by atoms with Gasteiger partial charge in [0.15, 0.2) is 0 Å². The van der Waals surface area contributed by atoms with Crippen molar-refractivity contribution in [2.45, 2.75) is 13.0 Å². The quantitative estimate of drug-likeness (QED) is 0.441. The lowest BCUT2D eigenvalue weighted by molar-refractivity contribution is -0.0333. The first-order valence-corrected chi connectivity index (χ1v) is 2.63. The molecule has 0 spiro atoms. The van der Waals surface area contributed by atoms with Gasteiger partial charge in [-0.2, -0.15) is 0 Å². The van der Waals surface area contributed by atoms with Crippen LogP contribution in [-0.4, -0.2) is 23.9 Å². The summed E-state index contributed by atoms with van der Waals surface area (Å²) in [5.74, 6) is 0.431. The Balaban J connectivity index is 2.83. The summed E-state index contributed by atoms with van der Waals surface area (Å²) in [7, 11) is 0. The summed E-state index contributed by atoms with van der Waals surface area (Å²) >= 11 is 5.29. The van der Waals surface area contributed by atoms with E-state index < -0.39 is 0 Å². The van der Waals surface area contributed by atoms with Gasteiger partial charge in [0.05, 0.1) is 6.10 Å². The van der Waals surface area contributed by atoms with Gasteiger partial charge in [0.1, 0.15) is 6.79 Å². The predicted octanol–water partition coefficient (Wildman–Crippen LogP) is 0.580. The molecule has 0 aromatic carbocycles. The lowest BCUT2D eigenvalue weighted by Crippen LogP contribution is -2.09. The molecule has 0 aliphatic carbocycles. The Labute approximate surface area is 48.0 Å². The molecule has 0 fully saturated rings. The summed E-state index contributed by atoms with van der Waals surface area (Å²) in [5, 5.41) is 8.09. The molecule has 44 valence electrons. The number of halogens is 1. The molecule has 0 aliphatic rings. The monoisotopic (exact) mass is 124 g/mol. The fraction of sp³-hybridized carbons (Fsp3) is 1.00. The molecule has 3 heteroatoms. The van der Waals surface area contributed by atoms with E-state index in [0.717, 1.165) is 0 Å². The van der Waals surface area contributed by atoms with E-state index in [4.69, 9.17) is 16.7 Å². The Morgan fingerprint density at radius 2 is 2.43 bits per heavy atom. The first-order valence-electron chi connectivity index (χ1n) is 2.09. The Morgan fingerprint density at radius 3 is 2.57 bits per heavy atom. The van der Waals surface area contributed by atoms with Gasteiger partial charge in [-0.25, -0.2) is 0 Å². The maximum absolute atomic E-state index is 8.09. The zero-order valence-electron chi connectivity index (χ0n) is 4.22. The highest BCUT2D eigenvalue weighted by atomic mass is 35.5. The molecular weight excluding hydrogens is 115 g/mol. The normalized spacial score (nSPS) is 14.1. The van der Waals surface area contributed by atoms with Gasteiger partial charge in [-0.05, 0) is 6.92 Å². The number of aliphatic hydroxyl groups is 1. The van der Waals surface area contributed by atoms with Crippen molar-refractivity contribution in [3.8, 4) is 0 Å². The molecule has 0 saturated heterocycles. The van der Waals surface area contributed by atoms with Crippen molar-refractivity contribution in [2.75, 3.05) is 12.7 Å². The summed E-state index contributed by atoms with van der Waals surface area (Å²) in [6, 6.07) is 0. The Bertz CT molecular complexity index is 40.7. The summed E-state index contributed by atoms with van der Waals surface area (Å²) in [5.41, 5.74) is 0. The van der Waals surface area contributed by atoms with Crippen LogP contribution in [0.3, 0.4) is 0 Å². The van der Waals surface area contributed by atoms with Crippen LogP contribution in [0.1, 0.15) is 6.92 Å². The van der Waals surface area contributed by atoms with E-state index in [2.05, 4.69) is 4.74 Å². The first kappa shape index (κ1) is 7.21. The summed E-state index contributed by atoms with van der Waals surface area (Å²) < 4.78 is 4.61. The van der Waals surface area contributed by atoms with Crippen LogP contribution in [0.15, 0.2) is 0 Å². The maximum atomic E-state index is 8.09. The molecule has 0 aliphatic heterocycles. The minimum Gasteiger partial charge on any atom is -0.371 e. The van der Waals surface area contributed by atoms with Gasteiger partial charge in [-0.15, -0.1) is 11.6 Å². The van der Waals surface area contributed by atoms with Crippen molar-refractivity contribution in [1.29, 1.82) is 0 Å². The highest BCUT2D eigenvalue weighted by Crippen LogP contribution is 1.90. The molecule has 0 amide bonds. The van der Waals surface area contributed by atoms with Crippen LogP contribution in [0.2, 0.25) is 0 Å². The second-order valence-electron chi connectivity index (χ2n) is 1.26. The summed E-state index contributed by atoms with van der Waals surface area (Å²) in [4.78, 5) is 0. The van der Waals surface area contributed by atoms with E-state index in [1.807, 2.05) is 0 Å². The first-order chi connectivity index (χ1) is 3.31. The molecule has 7 heavy (non-hydrogen) atoms. The Morgan fingerprint density at radius 1 is 1.86 bits per heavy atom. The van der Waals surface area contributed by atoms with Gasteiger partial charge < -0.3 is 9.84 Å². The van der Waals surface area contributed by atoms with E-state index in [-0.39, 0.29) is 12.9 Å². The van der Waals surface area contributed by atoms with Gasteiger partial charge in [-0.1, -0.05) is 0 Å². The molecule has 1 unspecified atom stereocenters. The van der Waals surface area contributed by atoms with Crippen LogP contribution in [0.4, 0.5) is 0 Å². The number of ether oxygens (including phenoxy) is 1. The van der Waals surface area contributed by atoms with E-state index >= 15 is 0 Å². The molecule has 1 atom stereocenters. The Hall–Kier alpha value is 0.210. The molecule has 2 nitrogen and oxygen atoms in total. The smallest absolute Gasteiger partial charge is 0.143 e. The topological polar surface area (TPSA) is 29.5 Å². The Kier molecular flexibility index (Phi) is 4.50. The number of hydrogen-bond donors (Lipinski definition) is 1. The minimum atomic E-state index is -0.242. The third-order valence-corrected chi connectivity index (χ3v) is 1.01. The molecule has 0 rings (SSSR count). The second-order valence-corrected chi connectivity index (χ2v) is 1.57. The maximum Gasteiger partial charge on any atom is 0.143 e. The van der Waals surface area contributed by atoms with Crippen molar-refractivity contribution >= 4 is 11.6 Å². The standard InChI is InChI=1S/C4H9ClO2/c1-4(2-5)7-3-6/h4,6H,2-3H2,1H3. The zero-order chi connectivity index (χ0) is 5.70. The van der Waals surface area contributed by atoms with E-state index in [0.29, 0.717) is 5.88 Å². The SMILES string of the molecule is CC(CCl)OCO. The molecular formula is C4H9ClO2. The molecule has 0 bridgehead atoms. The van der Waals surface area contributed by atoms with Crippen LogP contribution >= 0.6 is 11.6 Å². The average Bonchev–Trinajstić information content (AvgIpc) is 1.68. The second kappa shape index (κ2) is 4.37. The number of hydrogen-bond acceptors (Lipinski definition) is 2. The van der Waals surface area contributed by atoms with Crippen LogP contribution in [0.25, 0.3) is 0 Å². The number of rotatable bonds is 3. The molecule has 0 saturated carbocycles. The lowest BCUT2D eigenvalue weighted by Gasteiger charge is -2.03. The minimum absolute atomic E-state index is 0.0355. The zero-order valence-corrected chi connectivity index (χ0v) is 4.98. The van der Waals surface area contributed by atoms with Crippen LogP contribution < -0.4 is 0 Å². The number of alkyl halides is 1. The largest absolute Gasteiger partial charge is 0.371 e. The van der Waals surface area contributed by atoms with Crippen molar-refractivity contribution in [2.24, 2.45) is 0 Å². The van der Waals surface area contributed by atoms with Gasteiger partial charge in [0.25, 0.3) is 0 Å². The van der Waals surface area contributed by atoms with Crippen molar-refractivity contribution in [3.05, 3.63) is 0 Å². The summed E-state index contributed by atoms with van der Waals surface area (Å²) in [6.07, 6.45) is -0.0355. The van der Waals surface area contributed by atoms with E-state index in [9.17, 15) is 0 Å². The van der Waals surface area contributed by atoms with Gasteiger partial charge in [-0.3, -0.25) is 0 Å². The lowest BCUT2D eigenvalue weighted by atomic mass is 10.5. The molecule has 0 aromatic heterocycles. The van der Waals surface area contributed by atoms with Gasteiger partial charge >= 0.3 is 0 Å². The molecule has 1 N–H and O–H groups in total. The van der Waals surface area contributed by atoms with Crippen molar-refractivity contribution < 1.29 is 9.84 Å². The molecule has 0 radical (unpaired) electrons. The van der Waals surface area contributed by atoms with Crippen LogP contribution in [0, 0.1) is 0 Å². The van der Waals surface area contributed by atoms with Crippen molar-refractivity contribution in [3.63, 3.8) is 0 Å². The van der Waals surface area contributed by atoms with E-state index in [1.165, 1.54) is 0 Å². The molecule has 0 heterocycles. The molecule has 0 aromatic rings. The van der Waals surface area contributed by atoms with Gasteiger partial charge in [0, 0.05) is 5.88 Å². The highest BCUT2D eigenvalue weighted by molar-refractivity contribution is 6.18. The van der Waals surface area contributed by atoms with E-state index in [1.54, 1.807) is 6.92 Å². The third-order valence-electron chi connectivity index (χ3n) is 0.576. The fourth-order valence-electron chi connectivity index (χ4n) is 0.172. The van der Waals surface area contributed by atoms with Crippen LogP contribution in [-0.2, 0) is 4.74 Å².